The molecule has 0 aliphatic heterocycles. The van der Waals surface area contributed by atoms with Crippen molar-refractivity contribution in [1.29, 1.82) is 0 Å². The number of aryl methyl sites for hydroxylation is 4. The smallest absolute Gasteiger partial charge is 0.0929 e. The second kappa shape index (κ2) is 8.16. The van der Waals surface area contributed by atoms with Crippen LogP contribution in [-0.4, -0.2) is 9.78 Å². The van der Waals surface area contributed by atoms with E-state index >= 15 is 0 Å². The van der Waals surface area contributed by atoms with Crippen LogP contribution >= 0.6 is 0 Å². The van der Waals surface area contributed by atoms with E-state index in [4.69, 9.17) is 5.10 Å². The first-order valence-electron chi connectivity index (χ1n) is 10.4. The molecule has 0 aliphatic rings. The summed E-state index contributed by atoms with van der Waals surface area (Å²) in [5, 5.41) is 5.01. The lowest BCUT2D eigenvalue weighted by Gasteiger charge is -2.10. The molecule has 150 valence electrons. The second-order valence-electron chi connectivity index (χ2n) is 8.12. The molecule has 4 aromatic rings. The Morgan fingerprint density at radius 1 is 0.733 bits per heavy atom. The lowest BCUT2D eigenvalue weighted by atomic mass is 10.0. The third-order valence-corrected chi connectivity index (χ3v) is 5.93. The van der Waals surface area contributed by atoms with E-state index in [2.05, 4.69) is 106 Å². The van der Waals surface area contributed by atoms with E-state index < -0.39 is 0 Å². The first kappa shape index (κ1) is 19.9. The van der Waals surface area contributed by atoms with Gasteiger partial charge in [0.2, 0.25) is 0 Å². The van der Waals surface area contributed by atoms with E-state index in [1.165, 1.54) is 33.4 Å². The highest BCUT2D eigenvalue weighted by molar-refractivity contribution is 5.70. The fraction of sp³-hybridized carbons (Fsp3) is 0.179. The van der Waals surface area contributed by atoms with E-state index in [9.17, 15) is 0 Å². The van der Waals surface area contributed by atoms with Gasteiger partial charge in [0.05, 0.1) is 17.9 Å². The van der Waals surface area contributed by atoms with Crippen LogP contribution in [0.2, 0.25) is 0 Å². The summed E-state index contributed by atoms with van der Waals surface area (Å²) >= 11 is 0. The summed E-state index contributed by atoms with van der Waals surface area (Å²) in [5.74, 6) is 0. The molecule has 1 heterocycles. The Bertz CT molecular complexity index is 1210. The van der Waals surface area contributed by atoms with E-state index in [-0.39, 0.29) is 0 Å². The molecule has 0 aliphatic carbocycles. The maximum absolute atomic E-state index is 5.01. The van der Waals surface area contributed by atoms with E-state index in [0.29, 0.717) is 0 Å². The van der Waals surface area contributed by atoms with Crippen LogP contribution in [0.3, 0.4) is 0 Å². The summed E-state index contributed by atoms with van der Waals surface area (Å²) in [6, 6.07) is 23.9. The lowest BCUT2D eigenvalue weighted by Crippen LogP contribution is -2.04. The van der Waals surface area contributed by atoms with Crippen molar-refractivity contribution in [3.05, 3.63) is 107 Å². The molecule has 0 amide bonds. The van der Waals surface area contributed by atoms with Crippen molar-refractivity contribution in [3.8, 4) is 22.5 Å². The molecule has 0 fully saturated rings. The highest BCUT2D eigenvalue weighted by Gasteiger charge is 2.13. The molecule has 1 aromatic heterocycles. The molecule has 2 heteroatoms. The van der Waals surface area contributed by atoms with Gasteiger partial charge in [-0.05, 0) is 79.3 Å². The molecule has 0 radical (unpaired) electrons. The van der Waals surface area contributed by atoms with Crippen molar-refractivity contribution in [2.45, 2.75) is 34.2 Å². The van der Waals surface area contributed by atoms with Crippen LogP contribution in [0, 0.1) is 27.7 Å². The van der Waals surface area contributed by atoms with Gasteiger partial charge in [0, 0.05) is 11.1 Å². The molecule has 0 N–H and O–H groups in total. The molecule has 0 unspecified atom stereocenters. The van der Waals surface area contributed by atoms with Gasteiger partial charge < -0.3 is 0 Å². The van der Waals surface area contributed by atoms with Gasteiger partial charge in [-0.2, -0.15) is 5.10 Å². The van der Waals surface area contributed by atoms with Crippen LogP contribution in [0.5, 0.6) is 0 Å². The molecule has 0 saturated carbocycles. The van der Waals surface area contributed by atoms with Crippen molar-refractivity contribution in [3.63, 3.8) is 0 Å². The molecule has 0 bridgehead atoms. The van der Waals surface area contributed by atoms with Crippen molar-refractivity contribution >= 4 is 6.08 Å². The van der Waals surface area contributed by atoms with Crippen LogP contribution in [0.1, 0.15) is 33.4 Å². The lowest BCUT2D eigenvalue weighted by molar-refractivity contribution is 0.697. The molecule has 0 saturated heterocycles. The fourth-order valence-electron chi connectivity index (χ4n) is 3.64. The maximum atomic E-state index is 5.01. The number of hydrogen-bond acceptors (Lipinski definition) is 1. The maximum Gasteiger partial charge on any atom is 0.0929 e. The third kappa shape index (κ3) is 3.99. The van der Waals surface area contributed by atoms with Crippen LogP contribution in [0.15, 0.2) is 73.3 Å². The number of benzene rings is 3. The summed E-state index contributed by atoms with van der Waals surface area (Å²) < 4.78 is 2.12. The largest absolute Gasteiger partial charge is 0.260 e. The highest BCUT2D eigenvalue weighted by atomic mass is 15.3. The molecular formula is C28H28N2. The Hall–Kier alpha value is -3.39. The van der Waals surface area contributed by atoms with Gasteiger partial charge in [-0.25, -0.2) is 0 Å². The number of rotatable bonds is 5. The van der Waals surface area contributed by atoms with Crippen LogP contribution in [-0.2, 0) is 6.54 Å². The summed E-state index contributed by atoms with van der Waals surface area (Å²) in [7, 11) is 0. The Kier molecular flexibility index (Phi) is 5.41. The second-order valence-corrected chi connectivity index (χ2v) is 8.12. The summed E-state index contributed by atoms with van der Waals surface area (Å²) in [4.78, 5) is 0. The van der Waals surface area contributed by atoms with Gasteiger partial charge in [0.25, 0.3) is 0 Å². The number of aromatic nitrogens is 2. The summed E-state index contributed by atoms with van der Waals surface area (Å²) in [6.07, 6.45) is 1.87. The molecule has 30 heavy (non-hydrogen) atoms. The average molecular weight is 393 g/mol. The third-order valence-electron chi connectivity index (χ3n) is 5.93. The highest BCUT2D eigenvalue weighted by Crippen LogP contribution is 2.29. The van der Waals surface area contributed by atoms with Crippen LogP contribution in [0.4, 0.5) is 0 Å². The topological polar surface area (TPSA) is 17.8 Å². The van der Waals surface area contributed by atoms with E-state index in [1.54, 1.807) is 0 Å². The Morgan fingerprint density at radius 3 is 1.93 bits per heavy atom. The van der Waals surface area contributed by atoms with E-state index in [1.807, 2.05) is 6.08 Å². The first-order chi connectivity index (χ1) is 14.4. The Labute approximate surface area is 179 Å². The zero-order valence-electron chi connectivity index (χ0n) is 18.2. The summed E-state index contributed by atoms with van der Waals surface area (Å²) in [6.45, 7) is 13.2. The standard InChI is InChI=1S/C28H28N2/c1-6-23-9-11-24(12-10-23)18-30-28(26-14-8-20(3)22(5)16-26)17-27(29-30)25-13-7-19(2)21(4)15-25/h6-17H,1,18H2,2-5H3. The Balaban J connectivity index is 1.80. The van der Waals surface area contributed by atoms with Gasteiger partial charge in [0.15, 0.2) is 0 Å². The van der Waals surface area contributed by atoms with Gasteiger partial charge in [-0.3, -0.25) is 4.68 Å². The summed E-state index contributed by atoms with van der Waals surface area (Å²) in [5.41, 5.74) is 12.0. The van der Waals surface area contributed by atoms with Crippen molar-refractivity contribution in [1.82, 2.24) is 9.78 Å². The molecule has 4 rings (SSSR count). The first-order valence-corrected chi connectivity index (χ1v) is 10.4. The fourth-order valence-corrected chi connectivity index (χ4v) is 3.64. The quantitative estimate of drug-likeness (QED) is 0.353. The average Bonchev–Trinajstić information content (AvgIpc) is 3.16. The minimum Gasteiger partial charge on any atom is -0.260 e. The van der Waals surface area contributed by atoms with Gasteiger partial charge >= 0.3 is 0 Å². The zero-order chi connectivity index (χ0) is 21.3. The zero-order valence-corrected chi connectivity index (χ0v) is 18.2. The van der Waals surface area contributed by atoms with Crippen molar-refractivity contribution < 1.29 is 0 Å². The van der Waals surface area contributed by atoms with Crippen LogP contribution in [0.25, 0.3) is 28.6 Å². The monoisotopic (exact) mass is 392 g/mol. The van der Waals surface area contributed by atoms with Crippen molar-refractivity contribution in [2.24, 2.45) is 0 Å². The predicted octanol–water partition coefficient (Wildman–Crippen LogP) is 7.14. The molecule has 0 atom stereocenters. The molecule has 2 nitrogen and oxygen atoms in total. The number of nitrogens with zero attached hydrogens (tertiary/aromatic N) is 2. The number of hydrogen-bond donors (Lipinski definition) is 0. The van der Waals surface area contributed by atoms with Crippen molar-refractivity contribution in [2.75, 3.05) is 0 Å². The minimum atomic E-state index is 0.727. The van der Waals surface area contributed by atoms with E-state index in [0.717, 1.165) is 29.1 Å². The minimum absolute atomic E-state index is 0.727. The SMILES string of the molecule is C=Cc1ccc(Cn2nc(-c3ccc(C)c(C)c3)cc2-c2ccc(C)c(C)c2)cc1. The molecule has 0 spiro atoms. The molecule has 3 aromatic carbocycles. The molecular weight excluding hydrogens is 364 g/mol. The normalized spacial score (nSPS) is 10.9. The predicted molar refractivity (Wildman–Crippen MR) is 128 cm³/mol. The van der Waals surface area contributed by atoms with Gasteiger partial charge in [-0.15, -0.1) is 0 Å². The van der Waals surface area contributed by atoms with Gasteiger partial charge in [0.1, 0.15) is 0 Å². The Morgan fingerprint density at radius 2 is 1.33 bits per heavy atom. The van der Waals surface area contributed by atoms with Gasteiger partial charge in [-0.1, -0.05) is 61.2 Å². The van der Waals surface area contributed by atoms with Crippen LogP contribution < -0.4 is 0 Å².